The van der Waals surface area contributed by atoms with Crippen molar-refractivity contribution in [2.45, 2.75) is 38.3 Å². The number of aliphatic carboxylic acids is 1. The SMILES string of the molecule is CCCC(=O)N1C(C(=O)O)Cc2c([nH]c3ccccc23)C1c1cccc(O)c1. The number of benzene rings is 2. The van der Waals surface area contributed by atoms with E-state index in [0.717, 1.165) is 22.2 Å². The molecule has 2 aromatic carbocycles. The molecule has 1 aliphatic heterocycles. The van der Waals surface area contributed by atoms with Crippen molar-refractivity contribution >= 4 is 22.8 Å². The zero-order valence-electron chi connectivity index (χ0n) is 15.6. The van der Waals surface area contributed by atoms with Crippen molar-refractivity contribution in [3.05, 3.63) is 65.4 Å². The van der Waals surface area contributed by atoms with Gasteiger partial charge in [-0.2, -0.15) is 0 Å². The number of carboxylic acids is 1. The van der Waals surface area contributed by atoms with Crippen LogP contribution in [0.4, 0.5) is 0 Å². The fourth-order valence-corrected chi connectivity index (χ4v) is 4.17. The zero-order chi connectivity index (χ0) is 19.8. The monoisotopic (exact) mass is 378 g/mol. The molecule has 28 heavy (non-hydrogen) atoms. The normalized spacial score (nSPS) is 18.8. The number of H-pyrrole nitrogens is 1. The molecule has 0 bridgehead atoms. The summed E-state index contributed by atoms with van der Waals surface area (Å²) in [4.78, 5) is 30.0. The Morgan fingerprint density at radius 2 is 1.96 bits per heavy atom. The molecule has 144 valence electrons. The van der Waals surface area contributed by atoms with Gasteiger partial charge in [0.25, 0.3) is 0 Å². The van der Waals surface area contributed by atoms with Gasteiger partial charge in [0.15, 0.2) is 0 Å². The first-order chi connectivity index (χ1) is 13.5. The number of rotatable bonds is 4. The van der Waals surface area contributed by atoms with Gasteiger partial charge in [-0.3, -0.25) is 4.79 Å². The number of aromatic amines is 1. The van der Waals surface area contributed by atoms with E-state index in [2.05, 4.69) is 4.98 Å². The molecular formula is C22H22N2O4. The molecule has 0 saturated heterocycles. The number of carbonyl (C=O) groups is 2. The van der Waals surface area contributed by atoms with Crippen LogP contribution in [0.15, 0.2) is 48.5 Å². The number of aromatic hydroxyl groups is 1. The minimum Gasteiger partial charge on any atom is -0.508 e. The average molecular weight is 378 g/mol. The van der Waals surface area contributed by atoms with Crippen LogP contribution in [-0.4, -0.2) is 38.0 Å². The largest absolute Gasteiger partial charge is 0.508 e. The van der Waals surface area contributed by atoms with Gasteiger partial charge in [-0.15, -0.1) is 0 Å². The van der Waals surface area contributed by atoms with E-state index in [1.165, 1.54) is 4.90 Å². The molecule has 6 heteroatoms. The van der Waals surface area contributed by atoms with Crippen molar-refractivity contribution in [1.82, 2.24) is 9.88 Å². The highest BCUT2D eigenvalue weighted by Crippen LogP contribution is 2.41. The summed E-state index contributed by atoms with van der Waals surface area (Å²) in [6.07, 6.45) is 1.15. The number of nitrogens with one attached hydrogen (secondary N) is 1. The Bertz CT molecular complexity index is 1060. The fraction of sp³-hybridized carbons (Fsp3) is 0.273. The van der Waals surface area contributed by atoms with Gasteiger partial charge in [-0.25, -0.2) is 4.79 Å². The Labute approximate surface area is 162 Å². The van der Waals surface area contributed by atoms with Gasteiger partial charge in [0.1, 0.15) is 11.8 Å². The standard InChI is InChI=1S/C22H22N2O4/c1-2-6-19(26)24-18(22(27)28)12-16-15-9-3-4-10-17(15)23-20(16)21(24)13-7-5-8-14(25)11-13/h3-5,7-11,18,21,23,25H,2,6,12H2,1H3,(H,27,28). The van der Waals surface area contributed by atoms with Crippen LogP contribution in [0.3, 0.4) is 0 Å². The molecule has 0 fully saturated rings. The Hall–Kier alpha value is -3.28. The highest BCUT2D eigenvalue weighted by atomic mass is 16.4. The number of phenolic OH excluding ortho intramolecular Hbond substituents is 1. The number of carbonyl (C=O) groups excluding carboxylic acids is 1. The van der Waals surface area contributed by atoms with Crippen LogP contribution in [0.2, 0.25) is 0 Å². The van der Waals surface area contributed by atoms with Crippen LogP contribution >= 0.6 is 0 Å². The lowest BCUT2D eigenvalue weighted by Crippen LogP contribution is -2.51. The molecule has 3 aromatic rings. The maximum atomic E-state index is 13.0. The van der Waals surface area contributed by atoms with Gasteiger partial charge in [0.05, 0.1) is 6.04 Å². The summed E-state index contributed by atoms with van der Waals surface area (Å²) >= 11 is 0. The van der Waals surface area contributed by atoms with E-state index in [-0.39, 0.29) is 24.5 Å². The number of nitrogens with zero attached hydrogens (tertiary/aromatic N) is 1. The topological polar surface area (TPSA) is 93.6 Å². The van der Waals surface area contributed by atoms with Gasteiger partial charge in [-0.1, -0.05) is 37.3 Å². The Morgan fingerprint density at radius 1 is 1.18 bits per heavy atom. The van der Waals surface area contributed by atoms with Gasteiger partial charge in [0, 0.05) is 29.4 Å². The minimum absolute atomic E-state index is 0.0792. The number of amides is 1. The molecule has 4 rings (SSSR count). The number of para-hydroxylation sites is 1. The van der Waals surface area contributed by atoms with Crippen LogP contribution in [0.1, 0.15) is 42.6 Å². The average Bonchev–Trinajstić information content (AvgIpc) is 3.05. The second-order valence-electron chi connectivity index (χ2n) is 7.17. The number of phenols is 1. The number of aromatic nitrogens is 1. The summed E-state index contributed by atoms with van der Waals surface area (Å²) in [6, 6.07) is 12.9. The van der Waals surface area contributed by atoms with Gasteiger partial charge < -0.3 is 20.1 Å². The highest BCUT2D eigenvalue weighted by Gasteiger charge is 2.43. The minimum atomic E-state index is -1.02. The molecule has 0 saturated carbocycles. The number of hydrogen-bond donors (Lipinski definition) is 3. The predicted molar refractivity (Wildman–Crippen MR) is 105 cm³/mol. The van der Waals surface area contributed by atoms with E-state index in [1.807, 2.05) is 37.3 Å². The van der Waals surface area contributed by atoms with Crippen molar-refractivity contribution in [2.24, 2.45) is 0 Å². The summed E-state index contributed by atoms with van der Waals surface area (Å²) < 4.78 is 0. The van der Waals surface area contributed by atoms with Crippen molar-refractivity contribution < 1.29 is 19.8 Å². The zero-order valence-corrected chi connectivity index (χ0v) is 15.6. The first-order valence-corrected chi connectivity index (χ1v) is 9.43. The molecule has 2 unspecified atom stereocenters. The number of fused-ring (bicyclic) bond motifs is 3. The highest BCUT2D eigenvalue weighted by molar-refractivity contribution is 5.90. The van der Waals surface area contributed by atoms with E-state index >= 15 is 0 Å². The number of carboxylic acid groups (broad SMARTS) is 1. The molecular weight excluding hydrogens is 356 g/mol. The molecule has 2 atom stereocenters. The van der Waals surface area contributed by atoms with E-state index in [9.17, 15) is 19.8 Å². The van der Waals surface area contributed by atoms with Crippen molar-refractivity contribution in [3.63, 3.8) is 0 Å². The van der Waals surface area contributed by atoms with Crippen LogP contribution in [-0.2, 0) is 16.0 Å². The Balaban J connectivity index is 1.98. The van der Waals surface area contributed by atoms with Crippen molar-refractivity contribution in [3.8, 4) is 5.75 Å². The molecule has 0 radical (unpaired) electrons. The molecule has 1 amide bonds. The Morgan fingerprint density at radius 3 is 2.68 bits per heavy atom. The molecule has 0 spiro atoms. The first-order valence-electron chi connectivity index (χ1n) is 9.43. The second-order valence-corrected chi connectivity index (χ2v) is 7.17. The van der Waals surface area contributed by atoms with E-state index in [0.29, 0.717) is 12.0 Å². The van der Waals surface area contributed by atoms with Crippen LogP contribution in [0.25, 0.3) is 10.9 Å². The van der Waals surface area contributed by atoms with Gasteiger partial charge in [0.2, 0.25) is 5.91 Å². The van der Waals surface area contributed by atoms with E-state index in [1.54, 1.807) is 18.2 Å². The third kappa shape index (κ3) is 2.91. The maximum Gasteiger partial charge on any atom is 0.326 e. The Kier molecular flexibility index (Phi) is 4.55. The van der Waals surface area contributed by atoms with Crippen LogP contribution in [0.5, 0.6) is 5.75 Å². The van der Waals surface area contributed by atoms with Gasteiger partial charge in [-0.05, 0) is 35.7 Å². The maximum absolute atomic E-state index is 13.0. The fourth-order valence-electron chi connectivity index (χ4n) is 4.17. The molecule has 0 aliphatic carbocycles. The second kappa shape index (κ2) is 7.03. The lowest BCUT2D eigenvalue weighted by Gasteiger charge is -2.40. The van der Waals surface area contributed by atoms with E-state index in [4.69, 9.17) is 0 Å². The lowest BCUT2D eigenvalue weighted by atomic mass is 9.87. The molecule has 3 N–H and O–H groups in total. The summed E-state index contributed by atoms with van der Waals surface area (Å²) in [6.45, 7) is 1.90. The van der Waals surface area contributed by atoms with Crippen LogP contribution in [0, 0.1) is 0 Å². The van der Waals surface area contributed by atoms with Crippen molar-refractivity contribution in [2.75, 3.05) is 0 Å². The quantitative estimate of drug-likeness (QED) is 0.647. The molecule has 1 aliphatic rings. The molecule has 1 aromatic heterocycles. The van der Waals surface area contributed by atoms with Crippen molar-refractivity contribution in [1.29, 1.82) is 0 Å². The third-order valence-corrected chi connectivity index (χ3v) is 5.35. The summed E-state index contributed by atoms with van der Waals surface area (Å²) in [5, 5.41) is 20.9. The summed E-state index contributed by atoms with van der Waals surface area (Å²) in [7, 11) is 0. The lowest BCUT2D eigenvalue weighted by molar-refractivity contribution is -0.152. The van der Waals surface area contributed by atoms with Crippen LogP contribution < -0.4 is 0 Å². The first kappa shape index (κ1) is 18.1. The summed E-state index contributed by atoms with van der Waals surface area (Å²) in [5.74, 6) is -1.14. The summed E-state index contributed by atoms with van der Waals surface area (Å²) in [5.41, 5.74) is 3.32. The molecule has 2 heterocycles. The van der Waals surface area contributed by atoms with Gasteiger partial charge >= 0.3 is 5.97 Å². The van der Waals surface area contributed by atoms with E-state index < -0.39 is 18.1 Å². The molecule has 6 nitrogen and oxygen atoms in total. The number of hydrogen-bond acceptors (Lipinski definition) is 3. The third-order valence-electron chi connectivity index (χ3n) is 5.35. The smallest absolute Gasteiger partial charge is 0.326 e. The predicted octanol–water partition coefficient (Wildman–Crippen LogP) is 3.60.